The first-order chi connectivity index (χ1) is 17.6. The number of carbonyl (C=O) groups is 1. The van der Waals surface area contributed by atoms with Crippen LogP contribution in [0.25, 0.3) is 22.3 Å². The Balaban J connectivity index is 1.59. The fourth-order valence-corrected chi connectivity index (χ4v) is 5.64. The van der Waals surface area contributed by atoms with Crippen LogP contribution in [0.4, 0.5) is 5.69 Å². The first-order valence-corrected chi connectivity index (χ1v) is 13.2. The van der Waals surface area contributed by atoms with E-state index in [9.17, 15) is 13.2 Å². The Hall–Kier alpha value is -4.25. The standard InChI is InChI=1S/C30H27N3O3S/c1-30(2,3)33-37(35,36)28-11-7-6-9-26(28)23-16-18-24(19-17-23)32-29(34)27-10-5-4-8-25(27)22-14-12-21(20-31)13-15-22/h4-19,33H,1-3H3,(H,32,34). The molecule has 0 unspecified atom stereocenters. The van der Waals surface area contributed by atoms with Gasteiger partial charge in [0.1, 0.15) is 0 Å². The van der Waals surface area contributed by atoms with E-state index >= 15 is 0 Å². The Morgan fingerprint density at radius 1 is 0.757 bits per heavy atom. The molecule has 0 radical (unpaired) electrons. The summed E-state index contributed by atoms with van der Waals surface area (Å²) in [4.78, 5) is 13.3. The van der Waals surface area contributed by atoms with Gasteiger partial charge < -0.3 is 5.32 Å². The summed E-state index contributed by atoms with van der Waals surface area (Å²) in [6.07, 6.45) is 0. The monoisotopic (exact) mass is 509 g/mol. The maximum atomic E-state index is 13.2. The van der Waals surface area contributed by atoms with E-state index in [4.69, 9.17) is 5.26 Å². The molecule has 37 heavy (non-hydrogen) atoms. The summed E-state index contributed by atoms with van der Waals surface area (Å²) in [6.45, 7) is 5.39. The van der Waals surface area contributed by atoms with Crippen molar-refractivity contribution in [1.29, 1.82) is 5.26 Å². The zero-order valence-corrected chi connectivity index (χ0v) is 21.6. The highest BCUT2D eigenvalue weighted by Gasteiger charge is 2.24. The van der Waals surface area contributed by atoms with Crippen molar-refractivity contribution < 1.29 is 13.2 Å². The number of nitriles is 1. The van der Waals surface area contributed by atoms with Crippen LogP contribution >= 0.6 is 0 Å². The van der Waals surface area contributed by atoms with Crippen molar-refractivity contribution in [1.82, 2.24) is 4.72 Å². The van der Waals surface area contributed by atoms with E-state index in [-0.39, 0.29) is 10.8 Å². The van der Waals surface area contributed by atoms with Crippen LogP contribution in [0.5, 0.6) is 0 Å². The van der Waals surface area contributed by atoms with Crippen LogP contribution in [0.3, 0.4) is 0 Å². The molecule has 0 aromatic heterocycles. The van der Waals surface area contributed by atoms with Gasteiger partial charge in [-0.15, -0.1) is 0 Å². The number of nitrogens with zero attached hydrogens (tertiary/aromatic N) is 1. The number of sulfonamides is 1. The van der Waals surface area contributed by atoms with Gasteiger partial charge in [0.2, 0.25) is 10.0 Å². The molecule has 0 aliphatic rings. The number of nitrogens with one attached hydrogen (secondary N) is 2. The first-order valence-electron chi connectivity index (χ1n) is 11.7. The molecule has 186 valence electrons. The average Bonchev–Trinajstić information content (AvgIpc) is 2.88. The van der Waals surface area contributed by atoms with E-state index in [1.165, 1.54) is 0 Å². The van der Waals surface area contributed by atoms with Crippen molar-refractivity contribution in [2.24, 2.45) is 0 Å². The molecule has 0 atom stereocenters. The highest BCUT2D eigenvalue weighted by molar-refractivity contribution is 7.89. The van der Waals surface area contributed by atoms with Crippen molar-refractivity contribution >= 4 is 21.6 Å². The van der Waals surface area contributed by atoms with Crippen LogP contribution < -0.4 is 10.0 Å². The minimum absolute atomic E-state index is 0.193. The normalized spacial score (nSPS) is 11.5. The van der Waals surface area contributed by atoms with Crippen LogP contribution in [0.1, 0.15) is 36.7 Å². The second-order valence-corrected chi connectivity index (χ2v) is 11.3. The molecule has 0 saturated heterocycles. The third-order valence-corrected chi connectivity index (χ3v) is 7.38. The smallest absolute Gasteiger partial charge is 0.256 e. The molecule has 0 fully saturated rings. The quantitative estimate of drug-likeness (QED) is 0.322. The van der Waals surface area contributed by atoms with Gasteiger partial charge in [0.05, 0.1) is 16.5 Å². The molecule has 1 amide bonds. The van der Waals surface area contributed by atoms with Gasteiger partial charge in [-0.1, -0.05) is 60.7 Å². The van der Waals surface area contributed by atoms with Gasteiger partial charge in [0.15, 0.2) is 0 Å². The van der Waals surface area contributed by atoms with Gasteiger partial charge in [-0.2, -0.15) is 5.26 Å². The summed E-state index contributed by atoms with van der Waals surface area (Å²) >= 11 is 0. The summed E-state index contributed by atoms with van der Waals surface area (Å²) in [7, 11) is -3.74. The minimum Gasteiger partial charge on any atom is -0.322 e. The molecule has 0 saturated carbocycles. The predicted octanol–water partition coefficient (Wildman–Crippen LogP) is 6.22. The topological polar surface area (TPSA) is 99.1 Å². The first kappa shape index (κ1) is 25.8. The number of hydrogen-bond donors (Lipinski definition) is 2. The lowest BCUT2D eigenvalue weighted by molar-refractivity contribution is 0.102. The van der Waals surface area contributed by atoms with Gasteiger partial charge in [-0.25, -0.2) is 13.1 Å². The summed E-state index contributed by atoms with van der Waals surface area (Å²) in [5.74, 6) is -0.273. The van der Waals surface area contributed by atoms with E-state index in [0.29, 0.717) is 27.9 Å². The Morgan fingerprint density at radius 3 is 1.92 bits per heavy atom. The Kier molecular flexibility index (Phi) is 7.25. The fraction of sp³-hybridized carbons (Fsp3) is 0.133. The summed E-state index contributed by atoms with van der Waals surface area (Å²) in [5.41, 5.74) is 3.89. The van der Waals surface area contributed by atoms with Crippen LogP contribution in [-0.4, -0.2) is 19.9 Å². The van der Waals surface area contributed by atoms with Crippen LogP contribution in [0.2, 0.25) is 0 Å². The number of benzene rings is 4. The molecule has 4 aromatic carbocycles. The molecule has 0 aliphatic carbocycles. The second-order valence-electron chi connectivity index (χ2n) is 9.62. The molecule has 2 N–H and O–H groups in total. The lowest BCUT2D eigenvalue weighted by Crippen LogP contribution is -2.40. The molecular formula is C30H27N3O3S. The van der Waals surface area contributed by atoms with Gasteiger partial charge in [-0.05, 0) is 73.9 Å². The molecular weight excluding hydrogens is 482 g/mol. The molecule has 7 heteroatoms. The third-order valence-electron chi connectivity index (χ3n) is 5.57. The Morgan fingerprint density at radius 2 is 1.30 bits per heavy atom. The third kappa shape index (κ3) is 6.12. The van der Waals surface area contributed by atoms with Crippen LogP contribution in [-0.2, 0) is 10.0 Å². The summed E-state index contributed by atoms with van der Waals surface area (Å²) in [5, 5.41) is 12.0. The predicted molar refractivity (Wildman–Crippen MR) is 146 cm³/mol. The molecule has 4 aromatic rings. The molecule has 0 aliphatic heterocycles. The minimum atomic E-state index is -3.74. The maximum Gasteiger partial charge on any atom is 0.256 e. The number of carbonyl (C=O) groups excluding carboxylic acids is 1. The van der Waals surface area contributed by atoms with E-state index < -0.39 is 15.6 Å². The largest absolute Gasteiger partial charge is 0.322 e. The molecule has 0 spiro atoms. The van der Waals surface area contributed by atoms with Gasteiger partial charge in [0, 0.05) is 22.4 Å². The number of anilines is 1. The van der Waals surface area contributed by atoms with Crippen molar-refractivity contribution in [2.75, 3.05) is 5.32 Å². The van der Waals surface area contributed by atoms with E-state index in [1.54, 1.807) is 93.6 Å². The molecule has 0 bridgehead atoms. The maximum absolute atomic E-state index is 13.2. The number of rotatable bonds is 6. The Bertz CT molecular complexity index is 1580. The number of amides is 1. The van der Waals surface area contributed by atoms with E-state index in [0.717, 1.165) is 11.1 Å². The lowest BCUT2D eigenvalue weighted by atomic mass is 9.98. The van der Waals surface area contributed by atoms with Crippen molar-refractivity contribution in [3.05, 3.63) is 108 Å². The van der Waals surface area contributed by atoms with Gasteiger partial charge >= 0.3 is 0 Å². The fourth-order valence-electron chi connectivity index (χ4n) is 3.99. The van der Waals surface area contributed by atoms with E-state index in [2.05, 4.69) is 16.1 Å². The second kappa shape index (κ2) is 10.4. The molecule has 0 heterocycles. The average molecular weight is 510 g/mol. The summed E-state index contributed by atoms with van der Waals surface area (Å²) in [6, 6.07) is 30.3. The SMILES string of the molecule is CC(C)(C)NS(=O)(=O)c1ccccc1-c1ccc(NC(=O)c2ccccc2-c2ccc(C#N)cc2)cc1. The zero-order valence-electron chi connectivity index (χ0n) is 20.8. The van der Waals surface area contributed by atoms with Crippen LogP contribution in [0.15, 0.2) is 102 Å². The highest BCUT2D eigenvalue weighted by atomic mass is 32.2. The lowest BCUT2D eigenvalue weighted by Gasteiger charge is -2.21. The van der Waals surface area contributed by atoms with Crippen molar-refractivity contribution in [2.45, 2.75) is 31.2 Å². The van der Waals surface area contributed by atoms with Crippen LogP contribution in [0, 0.1) is 11.3 Å². The van der Waals surface area contributed by atoms with E-state index in [1.807, 2.05) is 24.3 Å². The van der Waals surface area contributed by atoms with Gasteiger partial charge in [-0.3, -0.25) is 4.79 Å². The highest BCUT2D eigenvalue weighted by Crippen LogP contribution is 2.30. The summed E-state index contributed by atoms with van der Waals surface area (Å²) < 4.78 is 28.7. The molecule has 6 nitrogen and oxygen atoms in total. The van der Waals surface area contributed by atoms with Crippen molar-refractivity contribution in [3.63, 3.8) is 0 Å². The molecule has 4 rings (SSSR count). The van der Waals surface area contributed by atoms with Crippen molar-refractivity contribution in [3.8, 4) is 28.3 Å². The zero-order chi connectivity index (χ0) is 26.6. The number of hydrogen-bond acceptors (Lipinski definition) is 4. The Labute approximate surface area is 217 Å². The van der Waals surface area contributed by atoms with Gasteiger partial charge in [0.25, 0.3) is 5.91 Å².